The van der Waals surface area contributed by atoms with Crippen LogP contribution in [0.1, 0.15) is 37.2 Å². The van der Waals surface area contributed by atoms with E-state index in [1.165, 1.54) is 0 Å². The molecular weight excluding hydrogens is 226 g/mol. The molecule has 0 bridgehead atoms. The SMILES string of the molecule is CCC(CC)NC(=O)c1cc2cccc(N)c2[nH]1. The number of para-hydroxylation sites is 1. The van der Waals surface area contributed by atoms with Crippen LogP contribution < -0.4 is 11.1 Å². The molecule has 96 valence electrons. The van der Waals surface area contributed by atoms with Gasteiger partial charge >= 0.3 is 0 Å². The molecule has 0 aliphatic carbocycles. The molecule has 0 saturated heterocycles. The quantitative estimate of drug-likeness (QED) is 0.725. The molecule has 1 aromatic carbocycles. The van der Waals surface area contributed by atoms with Crippen molar-refractivity contribution in [1.82, 2.24) is 10.3 Å². The average molecular weight is 245 g/mol. The van der Waals surface area contributed by atoms with Gasteiger partial charge in [0.25, 0.3) is 5.91 Å². The van der Waals surface area contributed by atoms with Crippen molar-refractivity contribution in [1.29, 1.82) is 0 Å². The monoisotopic (exact) mass is 245 g/mol. The molecule has 1 heterocycles. The number of amides is 1. The summed E-state index contributed by atoms with van der Waals surface area (Å²) in [7, 11) is 0. The molecule has 0 atom stereocenters. The average Bonchev–Trinajstić information content (AvgIpc) is 2.81. The van der Waals surface area contributed by atoms with Crippen LogP contribution in [0.25, 0.3) is 10.9 Å². The van der Waals surface area contributed by atoms with Crippen molar-refractivity contribution in [3.05, 3.63) is 30.0 Å². The molecule has 0 aliphatic rings. The molecular formula is C14H19N3O. The molecule has 1 aromatic heterocycles. The van der Waals surface area contributed by atoms with Gasteiger partial charge in [-0.05, 0) is 25.0 Å². The van der Waals surface area contributed by atoms with E-state index in [-0.39, 0.29) is 11.9 Å². The zero-order chi connectivity index (χ0) is 13.1. The Bertz CT molecular complexity index is 555. The van der Waals surface area contributed by atoms with Gasteiger partial charge in [-0.1, -0.05) is 26.0 Å². The molecule has 2 aromatic rings. The third-order valence-electron chi connectivity index (χ3n) is 3.25. The summed E-state index contributed by atoms with van der Waals surface area (Å²) in [6.45, 7) is 4.13. The Labute approximate surface area is 107 Å². The van der Waals surface area contributed by atoms with Crippen LogP contribution in [-0.2, 0) is 0 Å². The number of anilines is 1. The standard InChI is InChI=1S/C14H19N3O/c1-3-10(4-2)16-14(18)12-8-9-6-5-7-11(15)13(9)17-12/h5-8,10,17H,3-4,15H2,1-2H3,(H,16,18). The van der Waals surface area contributed by atoms with Crippen molar-refractivity contribution in [3.8, 4) is 0 Å². The van der Waals surface area contributed by atoms with Gasteiger partial charge in [0, 0.05) is 11.4 Å². The van der Waals surface area contributed by atoms with Crippen molar-refractivity contribution in [3.63, 3.8) is 0 Å². The lowest BCUT2D eigenvalue weighted by Gasteiger charge is -2.13. The summed E-state index contributed by atoms with van der Waals surface area (Å²) in [5.41, 5.74) is 7.91. The number of hydrogen-bond acceptors (Lipinski definition) is 2. The predicted octanol–water partition coefficient (Wildman–Crippen LogP) is 2.67. The molecule has 4 N–H and O–H groups in total. The highest BCUT2D eigenvalue weighted by Gasteiger charge is 2.13. The number of carbonyl (C=O) groups excluding carboxylic acids is 1. The van der Waals surface area contributed by atoms with Crippen LogP contribution in [0.4, 0.5) is 5.69 Å². The fourth-order valence-electron chi connectivity index (χ4n) is 2.06. The number of carbonyl (C=O) groups is 1. The number of nitrogens with one attached hydrogen (secondary N) is 2. The van der Waals surface area contributed by atoms with Crippen LogP contribution in [0.5, 0.6) is 0 Å². The van der Waals surface area contributed by atoms with Crippen molar-refractivity contribution >= 4 is 22.5 Å². The number of rotatable bonds is 4. The topological polar surface area (TPSA) is 70.9 Å². The molecule has 2 rings (SSSR count). The van der Waals surface area contributed by atoms with Gasteiger partial charge in [-0.2, -0.15) is 0 Å². The first-order valence-electron chi connectivity index (χ1n) is 6.33. The molecule has 0 radical (unpaired) electrons. The Kier molecular flexibility index (Phi) is 3.55. The first kappa shape index (κ1) is 12.5. The zero-order valence-electron chi connectivity index (χ0n) is 10.8. The summed E-state index contributed by atoms with van der Waals surface area (Å²) in [5.74, 6) is -0.0701. The molecule has 0 aliphatic heterocycles. The molecule has 0 spiro atoms. The molecule has 0 unspecified atom stereocenters. The van der Waals surface area contributed by atoms with E-state index in [4.69, 9.17) is 5.73 Å². The molecule has 4 nitrogen and oxygen atoms in total. The van der Waals surface area contributed by atoms with Crippen molar-refractivity contribution < 1.29 is 4.79 Å². The number of benzene rings is 1. The van der Waals surface area contributed by atoms with Gasteiger partial charge in [0.1, 0.15) is 5.69 Å². The van der Waals surface area contributed by atoms with Gasteiger partial charge in [-0.3, -0.25) is 4.79 Å². The van der Waals surface area contributed by atoms with Gasteiger partial charge in [-0.25, -0.2) is 0 Å². The van der Waals surface area contributed by atoms with Crippen molar-refractivity contribution in [2.75, 3.05) is 5.73 Å². The number of aromatic amines is 1. The number of nitrogens with two attached hydrogens (primary N) is 1. The highest BCUT2D eigenvalue weighted by atomic mass is 16.1. The van der Waals surface area contributed by atoms with E-state index in [0.29, 0.717) is 11.4 Å². The highest BCUT2D eigenvalue weighted by Crippen LogP contribution is 2.21. The van der Waals surface area contributed by atoms with Crippen molar-refractivity contribution in [2.24, 2.45) is 0 Å². The fourth-order valence-corrected chi connectivity index (χ4v) is 2.06. The lowest BCUT2D eigenvalue weighted by molar-refractivity contribution is 0.0930. The predicted molar refractivity (Wildman–Crippen MR) is 74.5 cm³/mol. The Morgan fingerprint density at radius 3 is 2.72 bits per heavy atom. The third kappa shape index (κ3) is 2.32. The summed E-state index contributed by atoms with van der Waals surface area (Å²) >= 11 is 0. The van der Waals surface area contributed by atoms with Gasteiger partial charge in [0.05, 0.1) is 11.2 Å². The number of nitrogen functional groups attached to an aromatic ring is 1. The number of hydrogen-bond donors (Lipinski definition) is 3. The highest BCUT2D eigenvalue weighted by molar-refractivity contribution is 6.00. The Hall–Kier alpha value is -1.97. The van der Waals surface area contributed by atoms with Gasteiger partial charge < -0.3 is 16.0 Å². The van der Waals surface area contributed by atoms with E-state index in [2.05, 4.69) is 24.1 Å². The minimum atomic E-state index is -0.0701. The minimum absolute atomic E-state index is 0.0701. The second-order valence-electron chi connectivity index (χ2n) is 4.48. The van der Waals surface area contributed by atoms with Crippen LogP contribution in [0.2, 0.25) is 0 Å². The summed E-state index contributed by atoms with van der Waals surface area (Å²) in [4.78, 5) is 15.2. The Morgan fingerprint density at radius 1 is 1.39 bits per heavy atom. The maximum absolute atomic E-state index is 12.1. The minimum Gasteiger partial charge on any atom is -0.397 e. The van der Waals surface area contributed by atoms with Gasteiger partial charge in [0.15, 0.2) is 0 Å². The van der Waals surface area contributed by atoms with Crippen molar-refractivity contribution in [2.45, 2.75) is 32.7 Å². The first-order chi connectivity index (χ1) is 8.65. The summed E-state index contributed by atoms with van der Waals surface area (Å²) < 4.78 is 0. The summed E-state index contributed by atoms with van der Waals surface area (Å²) in [6, 6.07) is 7.70. The van der Waals surface area contributed by atoms with E-state index >= 15 is 0 Å². The third-order valence-corrected chi connectivity index (χ3v) is 3.25. The first-order valence-corrected chi connectivity index (χ1v) is 6.33. The normalized spacial score (nSPS) is 11.1. The molecule has 0 fully saturated rings. The molecule has 18 heavy (non-hydrogen) atoms. The number of H-pyrrole nitrogens is 1. The van der Waals surface area contributed by atoms with Crippen LogP contribution in [-0.4, -0.2) is 16.9 Å². The Morgan fingerprint density at radius 2 is 2.11 bits per heavy atom. The number of fused-ring (bicyclic) bond motifs is 1. The van der Waals surface area contributed by atoms with Gasteiger partial charge in [-0.15, -0.1) is 0 Å². The van der Waals surface area contributed by atoms with Crippen LogP contribution in [0.15, 0.2) is 24.3 Å². The van der Waals surface area contributed by atoms with E-state index in [1.54, 1.807) is 0 Å². The molecule has 0 saturated carbocycles. The zero-order valence-corrected chi connectivity index (χ0v) is 10.8. The summed E-state index contributed by atoms with van der Waals surface area (Å²) in [6.07, 6.45) is 1.87. The smallest absolute Gasteiger partial charge is 0.267 e. The number of aromatic nitrogens is 1. The van der Waals surface area contributed by atoms with E-state index < -0.39 is 0 Å². The van der Waals surface area contributed by atoms with E-state index in [0.717, 1.165) is 23.7 Å². The van der Waals surface area contributed by atoms with Crippen LogP contribution in [0, 0.1) is 0 Å². The van der Waals surface area contributed by atoms with Crippen LogP contribution >= 0.6 is 0 Å². The lowest BCUT2D eigenvalue weighted by Crippen LogP contribution is -2.33. The fraction of sp³-hybridized carbons (Fsp3) is 0.357. The molecule has 1 amide bonds. The maximum Gasteiger partial charge on any atom is 0.267 e. The molecule has 4 heteroatoms. The second kappa shape index (κ2) is 5.12. The Balaban J connectivity index is 2.26. The lowest BCUT2D eigenvalue weighted by atomic mass is 10.1. The van der Waals surface area contributed by atoms with Gasteiger partial charge in [0.2, 0.25) is 0 Å². The van der Waals surface area contributed by atoms with E-state index in [1.807, 2.05) is 24.3 Å². The second-order valence-corrected chi connectivity index (χ2v) is 4.48. The largest absolute Gasteiger partial charge is 0.397 e. The van der Waals surface area contributed by atoms with E-state index in [9.17, 15) is 4.79 Å². The van der Waals surface area contributed by atoms with Crippen LogP contribution in [0.3, 0.4) is 0 Å². The summed E-state index contributed by atoms with van der Waals surface area (Å²) in [5, 5.41) is 3.96. The maximum atomic E-state index is 12.1.